The maximum atomic E-state index is 12.6. The third-order valence-electron chi connectivity index (χ3n) is 4.00. The summed E-state index contributed by atoms with van der Waals surface area (Å²) in [5.74, 6) is -0.233. The molecule has 1 aromatic rings. The predicted molar refractivity (Wildman–Crippen MR) is 90.1 cm³/mol. The van der Waals surface area contributed by atoms with Crippen LogP contribution in [0, 0.1) is 6.92 Å². The first-order chi connectivity index (χ1) is 10.8. The Balaban J connectivity index is 2.20. The van der Waals surface area contributed by atoms with Gasteiger partial charge in [-0.25, -0.2) is 8.42 Å². The Labute approximate surface area is 138 Å². The van der Waals surface area contributed by atoms with Crippen LogP contribution in [0.4, 0.5) is 0 Å². The first kappa shape index (κ1) is 17.9. The van der Waals surface area contributed by atoms with Gasteiger partial charge < -0.3 is 10.2 Å². The fourth-order valence-electron chi connectivity index (χ4n) is 2.57. The van der Waals surface area contributed by atoms with Crippen LogP contribution in [0.5, 0.6) is 0 Å². The van der Waals surface area contributed by atoms with Crippen molar-refractivity contribution in [1.29, 1.82) is 0 Å². The molecule has 7 heteroatoms. The zero-order valence-electron chi connectivity index (χ0n) is 14.0. The summed E-state index contributed by atoms with van der Waals surface area (Å²) in [6, 6.07) is 4.78. The number of rotatable bonds is 6. The second-order valence-electron chi connectivity index (χ2n) is 6.15. The molecule has 0 radical (unpaired) electrons. The molecule has 1 heterocycles. The fourth-order valence-corrected chi connectivity index (χ4v) is 4.12. The second kappa shape index (κ2) is 7.42. The van der Waals surface area contributed by atoms with E-state index >= 15 is 0 Å². The van der Waals surface area contributed by atoms with Crippen LogP contribution >= 0.6 is 0 Å². The van der Waals surface area contributed by atoms with Crippen molar-refractivity contribution in [1.82, 2.24) is 14.5 Å². The van der Waals surface area contributed by atoms with E-state index in [4.69, 9.17) is 0 Å². The number of nitrogens with one attached hydrogen (secondary N) is 1. The van der Waals surface area contributed by atoms with E-state index in [0.717, 1.165) is 24.9 Å². The monoisotopic (exact) mass is 339 g/mol. The standard InChI is InChI=1S/C16H25N3O3S/c1-13-6-7-14(23(21,22)19-9-4-5-10-19)12-15(13)16(20)17-8-11-18(2)3/h6-7,12H,4-5,8-11H2,1-3H3,(H,17,20). The van der Waals surface area contributed by atoms with E-state index in [9.17, 15) is 13.2 Å². The van der Waals surface area contributed by atoms with Crippen molar-refractivity contribution in [2.45, 2.75) is 24.7 Å². The normalized spacial score (nSPS) is 16.0. The van der Waals surface area contributed by atoms with Crippen LogP contribution < -0.4 is 5.32 Å². The van der Waals surface area contributed by atoms with E-state index in [1.807, 2.05) is 25.9 Å². The van der Waals surface area contributed by atoms with E-state index in [-0.39, 0.29) is 10.8 Å². The van der Waals surface area contributed by atoms with Gasteiger partial charge in [0.2, 0.25) is 10.0 Å². The number of carbonyl (C=O) groups excluding carboxylic acids is 1. The van der Waals surface area contributed by atoms with E-state index in [2.05, 4.69) is 5.32 Å². The summed E-state index contributed by atoms with van der Waals surface area (Å²) >= 11 is 0. The van der Waals surface area contributed by atoms with Crippen LogP contribution in [0.1, 0.15) is 28.8 Å². The number of aryl methyl sites for hydroxylation is 1. The molecule has 6 nitrogen and oxygen atoms in total. The van der Waals surface area contributed by atoms with Gasteiger partial charge in [0, 0.05) is 31.7 Å². The largest absolute Gasteiger partial charge is 0.351 e. The van der Waals surface area contributed by atoms with Crippen LogP contribution in [0.2, 0.25) is 0 Å². The minimum Gasteiger partial charge on any atom is -0.351 e. The number of sulfonamides is 1. The summed E-state index contributed by atoms with van der Waals surface area (Å²) in [5, 5.41) is 2.83. The highest BCUT2D eigenvalue weighted by molar-refractivity contribution is 7.89. The Morgan fingerprint density at radius 2 is 1.91 bits per heavy atom. The highest BCUT2D eigenvalue weighted by atomic mass is 32.2. The van der Waals surface area contributed by atoms with E-state index in [0.29, 0.717) is 25.2 Å². The lowest BCUT2D eigenvalue weighted by atomic mass is 10.1. The minimum atomic E-state index is -3.50. The van der Waals surface area contributed by atoms with E-state index in [1.54, 1.807) is 12.1 Å². The molecule has 2 rings (SSSR count). The Morgan fingerprint density at radius 1 is 1.26 bits per heavy atom. The fraction of sp³-hybridized carbons (Fsp3) is 0.562. The second-order valence-corrected chi connectivity index (χ2v) is 8.09. The molecule has 0 spiro atoms. The van der Waals surface area contributed by atoms with Gasteiger partial charge >= 0.3 is 0 Å². The van der Waals surface area contributed by atoms with Crippen molar-refractivity contribution in [3.8, 4) is 0 Å². The van der Waals surface area contributed by atoms with E-state index < -0.39 is 10.0 Å². The lowest BCUT2D eigenvalue weighted by Gasteiger charge is -2.17. The average molecular weight is 339 g/mol. The Hall–Kier alpha value is -1.44. The molecule has 0 aromatic heterocycles. The molecule has 0 unspecified atom stereocenters. The highest BCUT2D eigenvalue weighted by Crippen LogP contribution is 2.23. The molecule has 1 fully saturated rings. The first-order valence-electron chi connectivity index (χ1n) is 7.86. The molecule has 1 amide bonds. The third-order valence-corrected chi connectivity index (χ3v) is 5.90. The number of amides is 1. The molecule has 1 aliphatic rings. The minimum absolute atomic E-state index is 0.197. The van der Waals surface area contributed by atoms with Crippen molar-refractivity contribution >= 4 is 15.9 Å². The van der Waals surface area contributed by atoms with Gasteiger partial charge in [0.15, 0.2) is 0 Å². The van der Waals surface area contributed by atoms with Gasteiger partial charge in [-0.05, 0) is 51.6 Å². The molecule has 23 heavy (non-hydrogen) atoms. The Morgan fingerprint density at radius 3 is 2.52 bits per heavy atom. The zero-order valence-corrected chi connectivity index (χ0v) is 14.8. The topological polar surface area (TPSA) is 69.7 Å². The molecular formula is C16H25N3O3S. The molecule has 1 saturated heterocycles. The molecule has 1 N–H and O–H groups in total. The SMILES string of the molecule is Cc1ccc(S(=O)(=O)N2CCCC2)cc1C(=O)NCCN(C)C. The summed E-state index contributed by atoms with van der Waals surface area (Å²) < 4.78 is 26.7. The summed E-state index contributed by atoms with van der Waals surface area (Å²) in [6.45, 7) is 4.18. The highest BCUT2D eigenvalue weighted by Gasteiger charge is 2.28. The first-order valence-corrected chi connectivity index (χ1v) is 9.30. The molecular weight excluding hydrogens is 314 g/mol. The molecule has 1 aliphatic heterocycles. The molecule has 0 bridgehead atoms. The zero-order chi connectivity index (χ0) is 17.0. The smallest absolute Gasteiger partial charge is 0.251 e. The van der Waals surface area contributed by atoms with Crippen molar-refractivity contribution in [2.75, 3.05) is 40.3 Å². The maximum absolute atomic E-state index is 12.6. The van der Waals surface area contributed by atoms with Gasteiger partial charge in [0.1, 0.15) is 0 Å². The number of carbonyl (C=O) groups is 1. The summed E-state index contributed by atoms with van der Waals surface area (Å²) in [7, 11) is 0.362. The Kier molecular flexibility index (Phi) is 5.78. The number of nitrogens with zero attached hydrogens (tertiary/aromatic N) is 2. The van der Waals surface area contributed by atoms with Gasteiger partial charge in [-0.1, -0.05) is 6.07 Å². The van der Waals surface area contributed by atoms with Gasteiger partial charge in [0.05, 0.1) is 4.90 Å². The van der Waals surface area contributed by atoms with Gasteiger partial charge in [-0.15, -0.1) is 0 Å². The predicted octanol–water partition coefficient (Wildman–Crippen LogP) is 1.07. The Bertz CT molecular complexity index is 665. The molecule has 1 aromatic carbocycles. The molecule has 0 saturated carbocycles. The van der Waals surface area contributed by atoms with Crippen LogP contribution in [0.3, 0.4) is 0 Å². The van der Waals surface area contributed by atoms with Crippen LogP contribution in [0.25, 0.3) is 0 Å². The number of hydrogen-bond donors (Lipinski definition) is 1. The summed E-state index contributed by atoms with van der Waals surface area (Å²) in [4.78, 5) is 14.5. The lowest BCUT2D eigenvalue weighted by Crippen LogP contribution is -2.32. The number of benzene rings is 1. The van der Waals surface area contributed by atoms with Crippen LogP contribution in [-0.2, 0) is 10.0 Å². The molecule has 0 aliphatic carbocycles. The van der Waals surface area contributed by atoms with Crippen molar-refractivity contribution in [2.24, 2.45) is 0 Å². The van der Waals surface area contributed by atoms with Crippen molar-refractivity contribution < 1.29 is 13.2 Å². The van der Waals surface area contributed by atoms with Gasteiger partial charge in [0.25, 0.3) is 5.91 Å². The molecule has 0 atom stereocenters. The van der Waals surface area contributed by atoms with Gasteiger partial charge in [-0.2, -0.15) is 4.31 Å². The summed E-state index contributed by atoms with van der Waals surface area (Å²) in [6.07, 6.45) is 1.78. The number of likely N-dealkylation sites (N-methyl/N-ethyl adjacent to an activating group) is 1. The molecule has 128 valence electrons. The maximum Gasteiger partial charge on any atom is 0.251 e. The number of hydrogen-bond acceptors (Lipinski definition) is 4. The van der Waals surface area contributed by atoms with E-state index in [1.165, 1.54) is 10.4 Å². The third kappa shape index (κ3) is 4.31. The van der Waals surface area contributed by atoms with Crippen LogP contribution in [-0.4, -0.2) is 63.8 Å². The quantitative estimate of drug-likeness (QED) is 0.842. The summed E-state index contributed by atoms with van der Waals surface area (Å²) in [5.41, 5.74) is 1.19. The van der Waals surface area contributed by atoms with Crippen molar-refractivity contribution in [3.05, 3.63) is 29.3 Å². The average Bonchev–Trinajstić information content (AvgIpc) is 3.01. The van der Waals surface area contributed by atoms with Gasteiger partial charge in [-0.3, -0.25) is 4.79 Å². The van der Waals surface area contributed by atoms with Crippen LogP contribution in [0.15, 0.2) is 23.1 Å². The van der Waals surface area contributed by atoms with Crippen molar-refractivity contribution in [3.63, 3.8) is 0 Å². The lowest BCUT2D eigenvalue weighted by molar-refractivity contribution is 0.0950.